The Morgan fingerprint density at radius 3 is 2.53 bits per heavy atom. The van der Waals surface area contributed by atoms with Crippen molar-refractivity contribution in [2.75, 3.05) is 13.2 Å². The van der Waals surface area contributed by atoms with Crippen molar-refractivity contribution >= 4 is 39.6 Å². The van der Waals surface area contributed by atoms with Crippen LogP contribution >= 0.6 is 11.6 Å². The molecule has 10 heteroatoms. The number of alkyl halides is 1. The summed E-state index contributed by atoms with van der Waals surface area (Å²) in [7, 11) is -4.65. The van der Waals surface area contributed by atoms with E-state index < -0.39 is 32.8 Å². The first-order valence-electron chi connectivity index (χ1n) is 9.69. The third kappa shape index (κ3) is 3.19. The molecule has 1 aliphatic heterocycles. The van der Waals surface area contributed by atoms with Crippen LogP contribution in [-0.4, -0.2) is 47.8 Å². The van der Waals surface area contributed by atoms with Gasteiger partial charge in [-0.3, -0.25) is 4.79 Å². The summed E-state index contributed by atoms with van der Waals surface area (Å²) in [6.45, 7) is 8.47. The summed E-state index contributed by atoms with van der Waals surface area (Å²) >= 11 is 6.67. The van der Waals surface area contributed by atoms with E-state index in [0.29, 0.717) is 29.6 Å². The van der Waals surface area contributed by atoms with Crippen LogP contribution in [0.2, 0.25) is 0 Å². The lowest BCUT2D eigenvalue weighted by atomic mass is 9.70. The summed E-state index contributed by atoms with van der Waals surface area (Å²) in [6.07, 6.45) is 6.31. The van der Waals surface area contributed by atoms with Crippen LogP contribution in [0.15, 0.2) is 52.5 Å². The number of hydrogen-bond acceptors (Lipinski definition) is 5. The molecule has 3 heterocycles. The van der Waals surface area contributed by atoms with Gasteiger partial charge in [-0.2, -0.15) is 0 Å². The minimum atomic E-state index is -4.07. The molecule has 160 valence electrons. The molecule has 2 aromatic heterocycles. The smallest absolute Gasteiger partial charge is 0.407 e. The monoisotopic (exact) mass is 450 g/mol. The van der Waals surface area contributed by atoms with Crippen molar-refractivity contribution in [2.45, 2.75) is 37.8 Å². The van der Waals surface area contributed by atoms with Crippen molar-refractivity contribution in [1.29, 1.82) is 0 Å². The molecule has 4 rings (SSSR count). The van der Waals surface area contributed by atoms with Gasteiger partial charge in [0.1, 0.15) is 10.3 Å². The molecule has 2 atom stereocenters. The average molecular weight is 451 g/mol. The second-order valence-corrected chi connectivity index (χ2v) is 11.5. The summed E-state index contributed by atoms with van der Waals surface area (Å²) in [5, 5.41) is -0.345. The standard InChI is InChI=1S/C20H24BClN2O5S/c1-13-9-15(21-28-11-19(2,3)12-29-21)10-16(22)20(13,4)30(26,27)24-8-6-14-5-7-23-18(25)17(14)24/h5-10,16H,11-12H2,1-4H3,(H,23,25). The van der Waals surface area contributed by atoms with Crippen molar-refractivity contribution in [2.24, 2.45) is 5.41 Å². The Balaban J connectivity index is 1.74. The molecule has 2 aliphatic rings. The van der Waals surface area contributed by atoms with Gasteiger partial charge in [-0.25, -0.2) is 12.4 Å². The molecule has 30 heavy (non-hydrogen) atoms. The molecule has 0 radical (unpaired) electrons. The van der Waals surface area contributed by atoms with Crippen molar-refractivity contribution in [3.8, 4) is 0 Å². The maximum atomic E-state index is 13.7. The fourth-order valence-corrected chi connectivity index (χ4v) is 6.37. The van der Waals surface area contributed by atoms with Gasteiger partial charge in [0.25, 0.3) is 5.56 Å². The van der Waals surface area contributed by atoms with Crippen LogP contribution < -0.4 is 5.56 Å². The Morgan fingerprint density at radius 2 is 1.90 bits per heavy atom. The first-order chi connectivity index (χ1) is 14.0. The maximum absolute atomic E-state index is 13.7. The number of H-pyrrole nitrogens is 1. The highest BCUT2D eigenvalue weighted by molar-refractivity contribution is 7.91. The summed E-state index contributed by atoms with van der Waals surface area (Å²) in [5.41, 5.74) is 0.769. The van der Waals surface area contributed by atoms with Crippen LogP contribution in [0.3, 0.4) is 0 Å². The van der Waals surface area contributed by atoms with Gasteiger partial charge >= 0.3 is 7.12 Å². The minimum absolute atomic E-state index is 0.0753. The molecule has 0 saturated carbocycles. The fraction of sp³-hybridized carbons (Fsp3) is 0.450. The maximum Gasteiger partial charge on any atom is 0.493 e. The molecule has 1 fully saturated rings. The first kappa shape index (κ1) is 21.4. The van der Waals surface area contributed by atoms with Crippen LogP contribution in [-0.2, 0) is 19.3 Å². The Bertz CT molecular complexity index is 1220. The summed E-state index contributed by atoms with van der Waals surface area (Å²) in [4.78, 5) is 14.9. The van der Waals surface area contributed by atoms with E-state index in [4.69, 9.17) is 20.9 Å². The van der Waals surface area contributed by atoms with E-state index in [1.165, 1.54) is 12.4 Å². The van der Waals surface area contributed by atoms with Gasteiger partial charge in [-0.05, 0) is 37.0 Å². The Labute approximate surface area is 180 Å². The van der Waals surface area contributed by atoms with E-state index >= 15 is 0 Å². The zero-order chi connectivity index (χ0) is 21.9. The predicted octanol–water partition coefficient (Wildman–Crippen LogP) is 2.86. The van der Waals surface area contributed by atoms with E-state index in [9.17, 15) is 13.2 Å². The quantitative estimate of drug-likeness (QED) is 0.573. The number of rotatable bonds is 3. The second-order valence-electron chi connectivity index (χ2n) is 8.85. The summed E-state index contributed by atoms with van der Waals surface area (Å²) in [6, 6.07) is 3.26. The fourth-order valence-electron chi connectivity index (χ4n) is 3.84. The minimum Gasteiger partial charge on any atom is -0.407 e. The van der Waals surface area contributed by atoms with Crippen molar-refractivity contribution in [3.05, 3.63) is 58.1 Å². The number of hydrogen-bond donors (Lipinski definition) is 1. The molecular weight excluding hydrogens is 427 g/mol. The highest BCUT2D eigenvalue weighted by Crippen LogP contribution is 2.41. The Kier molecular flexibility index (Phi) is 5.09. The third-order valence-electron chi connectivity index (χ3n) is 5.92. The molecule has 0 bridgehead atoms. The molecule has 1 saturated heterocycles. The molecule has 2 aromatic rings. The van der Waals surface area contributed by atoms with Crippen LogP contribution in [0.25, 0.3) is 10.9 Å². The van der Waals surface area contributed by atoms with Gasteiger partial charge in [0.2, 0.25) is 10.0 Å². The molecule has 0 spiro atoms. The zero-order valence-electron chi connectivity index (χ0n) is 17.3. The van der Waals surface area contributed by atoms with Crippen LogP contribution in [0, 0.1) is 5.41 Å². The van der Waals surface area contributed by atoms with E-state index in [0.717, 1.165) is 3.97 Å². The van der Waals surface area contributed by atoms with Gasteiger partial charge in [0.15, 0.2) is 0 Å². The lowest BCUT2D eigenvalue weighted by molar-refractivity contribution is 0.0325. The highest BCUT2D eigenvalue weighted by Gasteiger charge is 2.50. The third-order valence-corrected chi connectivity index (χ3v) is 9.09. The number of fused-ring (bicyclic) bond motifs is 1. The summed E-state index contributed by atoms with van der Waals surface area (Å²) in [5.74, 6) is 0. The molecule has 0 amide bonds. The molecule has 1 N–H and O–H groups in total. The first-order valence-corrected chi connectivity index (χ1v) is 11.6. The average Bonchev–Trinajstić information content (AvgIpc) is 3.12. The van der Waals surface area contributed by atoms with Gasteiger partial charge in [0.05, 0.1) is 5.38 Å². The molecule has 1 aliphatic carbocycles. The number of pyridine rings is 1. The molecular formula is C20H24BClN2O5S. The number of aromatic nitrogens is 2. The molecule has 7 nitrogen and oxygen atoms in total. The molecule has 2 unspecified atom stereocenters. The lowest BCUT2D eigenvalue weighted by Gasteiger charge is -2.39. The predicted molar refractivity (Wildman–Crippen MR) is 118 cm³/mol. The van der Waals surface area contributed by atoms with Crippen LogP contribution in [0.4, 0.5) is 0 Å². The van der Waals surface area contributed by atoms with Gasteiger partial charge in [-0.1, -0.05) is 26.0 Å². The zero-order valence-corrected chi connectivity index (χ0v) is 18.9. The van der Waals surface area contributed by atoms with E-state index in [1.807, 2.05) is 0 Å². The van der Waals surface area contributed by atoms with E-state index in [1.54, 1.807) is 38.1 Å². The van der Waals surface area contributed by atoms with Crippen molar-refractivity contribution < 1.29 is 17.7 Å². The normalized spacial score (nSPS) is 27.1. The topological polar surface area (TPSA) is 90.4 Å². The number of nitrogens with one attached hydrogen (secondary N) is 1. The summed E-state index contributed by atoms with van der Waals surface area (Å²) < 4.78 is 38.7. The highest BCUT2D eigenvalue weighted by atomic mass is 35.5. The second kappa shape index (κ2) is 7.12. The Hall–Kier alpha value is -1.81. The van der Waals surface area contributed by atoms with Gasteiger partial charge in [0, 0.05) is 36.4 Å². The van der Waals surface area contributed by atoms with E-state index in [2.05, 4.69) is 18.8 Å². The van der Waals surface area contributed by atoms with Crippen molar-refractivity contribution in [1.82, 2.24) is 8.96 Å². The van der Waals surface area contributed by atoms with E-state index in [-0.39, 0.29) is 10.9 Å². The SMILES string of the molecule is CC1=CC(B2OCC(C)(C)CO2)=CC(Cl)C1(C)S(=O)(=O)n1ccc2cc[nH]c(=O)c21. The van der Waals surface area contributed by atoms with Crippen molar-refractivity contribution in [3.63, 3.8) is 0 Å². The number of allylic oxidation sites excluding steroid dienone is 3. The van der Waals surface area contributed by atoms with Gasteiger partial charge < -0.3 is 14.3 Å². The lowest BCUT2D eigenvalue weighted by Crippen LogP contribution is -2.50. The number of halogens is 1. The Morgan fingerprint density at radius 1 is 1.23 bits per heavy atom. The number of nitrogens with zero attached hydrogens (tertiary/aromatic N) is 1. The van der Waals surface area contributed by atoms with Crippen LogP contribution in [0.5, 0.6) is 0 Å². The molecule has 0 aromatic carbocycles. The van der Waals surface area contributed by atoms with Gasteiger partial charge in [-0.15, -0.1) is 11.6 Å². The number of aromatic amines is 1. The largest absolute Gasteiger partial charge is 0.493 e. The van der Waals surface area contributed by atoms with Crippen LogP contribution in [0.1, 0.15) is 27.7 Å².